The van der Waals surface area contributed by atoms with Crippen LogP contribution in [-0.4, -0.2) is 4.68 Å². The number of hydrogen-bond acceptors (Lipinski definition) is 2. The summed E-state index contributed by atoms with van der Waals surface area (Å²) in [6.07, 6.45) is 0. The summed E-state index contributed by atoms with van der Waals surface area (Å²) in [5, 5.41) is 9.11. The molecule has 0 bridgehead atoms. The molecule has 1 heterocycles. The Morgan fingerprint density at radius 3 is 2.29 bits per heavy atom. The van der Waals surface area contributed by atoms with E-state index in [1.807, 2.05) is 55.8 Å². The topological polar surface area (TPSA) is 40.8 Å². The van der Waals surface area contributed by atoms with Gasteiger partial charge in [0.15, 0.2) is 0 Å². The van der Waals surface area contributed by atoms with Crippen molar-refractivity contribution in [3.05, 3.63) is 52.8 Å². The monoisotopic (exact) mass is 225 g/mol. The van der Waals surface area contributed by atoms with Crippen molar-refractivity contribution < 1.29 is 0 Å². The quantitative estimate of drug-likeness (QED) is 0.852. The van der Waals surface area contributed by atoms with Gasteiger partial charge in [-0.25, -0.2) is 0 Å². The van der Waals surface area contributed by atoms with Crippen LogP contribution < -0.4 is 5.43 Å². The Bertz CT molecular complexity index is 569. The zero-order chi connectivity index (χ0) is 12.4. The van der Waals surface area contributed by atoms with Gasteiger partial charge in [0, 0.05) is 11.4 Å². The molecule has 86 valence electrons. The minimum atomic E-state index is 0.664. The third-order valence-electron chi connectivity index (χ3n) is 2.89. The highest BCUT2D eigenvalue weighted by molar-refractivity contribution is 5.62. The first-order valence-electron chi connectivity index (χ1n) is 5.55. The van der Waals surface area contributed by atoms with E-state index in [1.165, 1.54) is 0 Å². The van der Waals surface area contributed by atoms with Crippen LogP contribution >= 0.6 is 0 Å². The fraction of sp³-hybridized carbons (Fsp3) is 0.214. The molecule has 0 spiro atoms. The highest BCUT2D eigenvalue weighted by atomic mass is 15.4. The summed E-state index contributed by atoms with van der Waals surface area (Å²) in [4.78, 5) is 0. The maximum Gasteiger partial charge on any atom is 0.101 e. The molecule has 1 aromatic heterocycles. The molecule has 0 amide bonds. The van der Waals surface area contributed by atoms with Crippen LogP contribution in [0.3, 0.4) is 0 Å². The fourth-order valence-corrected chi connectivity index (χ4v) is 1.87. The first kappa shape index (κ1) is 11.3. The number of anilines is 1. The van der Waals surface area contributed by atoms with Gasteiger partial charge >= 0.3 is 0 Å². The number of nitrogens with one attached hydrogen (secondary N) is 1. The first-order valence-corrected chi connectivity index (χ1v) is 5.55. The average Bonchev–Trinajstić information content (AvgIpc) is 2.63. The Morgan fingerprint density at radius 2 is 1.71 bits per heavy atom. The normalized spacial score (nSPS) is 10.0. The standard InChI is InChI=1S/C14H15N3/c1-10-5-4-6-13(9-15)14(10)16-17-11(2)7-8-12(17)3/h4-8,16H,1-3H3. The Balaban J connectivity index is 2.47. The molecule has 0 aliphatic carbocycles. The summed E-state index contributed by atoms with van der Waals surface area (Å²) in [7, 11) is 0. The van der Waals surface area contributed by atoms with Crippen molar-refractivity contribution in [2.24, 2.45) is 0 Å². The molecule has 0 aliphatic heterocycles. The minimum Gasteiger partial charge on any atom is -0.293 e. The van der Waals surface area contributed by atoms with Gasteiger partial charge in [-0.05, 0) is 44.5 Å². The number of para-hydroxylation sites is 1. The molecule has 2 rings (SSSR count). The second-order valence-electron chi connectivity index (χ2n) is 4.17. The lowest BCUT2D eigenvalue weighted by molar-refractivity contribution is 0.878. The summed E-state index contributed by atoms with van der Waals surface area (Å²) < 4.78 is 1.99. The second kappa shape index (κ2) is 4.34. The van der Waals surface area contributed by atoms with Crippen LogP contribution in [0.25, 0.3) is 0 Å². The number of nitriles is 1. The summed E-state index contributed by atoms with van der Waals surface area (Å²) in [5.41, 5.74) is 8.15. The van der Waals surface area contributed by atoms with Crippen molar-refractivity contribution in [2.45, 2.75) is 20.8 Å². The molecule has 0 atom stereocenters. The van der Waals surface area contributed by atoms with Crippen molar-refractivity contribution in [1.29, 1.82) is 5.26 Å². The summed E-state index contributed by atoms with van der Waals surface area (Å²) >= 11 is 0. The zero-order valence-corrected chi connectivity index (χ0v) is 10.3. The van der Waals surface area contributed by atoms with Gasteiger partial charge < -0.3 is 0 Å². The maximum absolute atomic E-state index is 9.11. The van der Waals surface area contributed by atoms with Gasteiger partial charge in [0.2, 0.25) is 0 Å². The Hall–Kier alpha value is -2.21. The van der Waals surface area contributed by atoms with E-state index in [0.717, 1.165) is 22.6 Å². The second-order valence-corrected chi connectivity index (χ2v) is 4.17. The van der Waals surface area contributed by atoms with E-state index in [1.54, 1.807) is 0 Å². The van der Waals surface area contributed by atoms with Gasteiger partial charge in [-0.2, -0.15) is 5.26 Å². The number of aryl methyl sites for hydroxylation is 3. The molecular formula is C14H15N3. The Morgan fingerprint density at radius 1 is 1.06 bits per heavy atom. The lowest BCUT2D eigenvalue weighted by Crippen LogP contribution is -2.14. The molecule has 0 saturated carbocycles. The maximum atomic E-state index is 9.11. The molecule has 0 aliphatic rings. The number of aromatic nitrogens is 1. The zero-order valence-electron chi connectivity index (χ0n) is 10.3. The lowest BCUT2D eigenvalue weighted by Gasteiger charge is -2.15. The van der Waals surface area contributed by atoms with Crippen LogP contribution in [0.2, 0.25) is 0 Å². The van der Waals surface area contributed by atoms with E-state index in [-0.39, 0.29) is 0 Å². The van der Waals surface area contributed by atoms with E-state index in [9.17, 15) is 0 Å². The highest BCUT2D eigenvalue weighted by Crippen LogP contribution is 2.21. The van der Waals surface area contributed by atoms with E-state index in [0.29, 0.717) is 5.56 Å². The van der Waals surface area contributed by atoms with Gasteiger partial charge in [0.1, 0.15) is 6.07 Å². The molecule has 1 aromatic carbocycles. The van der Waals surface area contributed by atoms with Crippen LogP contribution in [0.15, 0.2) is 30.3 Å². The lowest BCUT2D eigenvalue weighted by atomic mass is 10.1. The van der Waals surface area contributed by atoms with E-state index >= 15 is 0 Å². The average molecular weight is 225 g/mol. The first-order chi connectivity index (χ1) is 8.13. The summed E-state index contributed by atoms with van der Waals surface area (Å²) in [6.45, 7) is 6.06. The molecule has 0 saturated heterocycles. The largest absolute Gasteiger partial charge is 0.293 e. The summed E-state index contributed by atoms with van der Waals surface area (Å²) in [6, 6.07) is 12.0. The van der Waals surface area contributed by atoms with Gasteiger partial charge in [-0.3, -0.25) is 10.1 Å². The summed E-state index contributed by atoms with van der Waals surface area (Å²) in [5.74, 6) is 0. The van der Waals surface area contributed by atoms with E-state index in [4.69, 9.17) is 5.26 Å². The highest BCUT2D eigenvalue weighted by Gasteiger charge is 2.07. The molecule has 3 nitrogen and oxygen atoms in total. The fourth-order valence-electron chi connectivity index (χ4n) is 1.87. The van der Waals surface area contributed by atoms with Crippen molar-refractivity contribution >= 4 is 5.69 Å². The van der Waals surface area contributed by atoms with Crippen LogP contribution in [0, 0.1) is 32.1 Å². The van der Waals surface area contributed by atoms with Crippen LogP contribution in [0.1, 0.15) is 22.5 Å². The molecule has 1 N–H and O–H groups in total. The van der Waals surface area contributed by atoms with Crippen molar-refractivity contribution in [3.8, 4) is 6.07 Å². The van der Waals surface area contributed by atoms with E-state index in [2.05, 4.69) is 11.5 Å². The molecule has 0 unspecified atom stereocenters. The van der Waals surface area contributed by atoms with Gasteiger partial charge in [-0.15, -0.1) is 0 Å². The SMILES string of the molecule is Cc1cccc(C#N)c1Nn1c(C)ccc1C. The smallest absolute Gasteiger partial charge is 0.101 e. The Labute approximate surface area is 101 Å². The van der Waals surface area contributed by atoms with Crippen molar-refractivity contribution in [2.75, 3.05) is 5.43 Å². The number of nitrogens with zero attached hydrogens (tertiary/aromatic N) is 2. The van der Waals surface area contributed by atoms with Crippen LogP contribution in [0.5, 0.6) is 0 Å². The van der Waals surface area contributed by atoms with Crippen molar-refractivity contribution in [3.63, 3.8) is 0 Å². The molecule has 17 heavy (non-hydrogen) atoms. The van der Waals surface area contributed by atoms with Crippen molar-refractivity contribution in [1.82, 2.24) is 4.68 Å². The molecule has 2 aromatic rings. The van der Waals surface area contributed by atoms with Gasteiger partial charge in [-0.1, -0.05) is 12.1 Å². The van der Waals surface area contributed by atoms with Gasteiger partial charge in [0.05, 0.1) is 11.3 Å². The Kier molecular flexibility index (Phi) is 2.88. The molecular weight excluding hydrogens is 210 g/mol. The molecule has 0 radical (unpaired) electrons. The van der Waals surface area contributed by atoms with Crippen LogP contribution in [0.4, 0.5) is 5.69 Å². The predicted octanol–water partition coefficient (Wildman–Crippen LogP) is 3.16. The number of benzene rings is 1. The third kappa shape index (κ3) is 2.02. The van der Waals surface area contributed by atoms with Crippen LogP contribution in [-0.2, 0) is 0 Å². The third-order valence-corrected chi connectivity index (χ3v) is 2.89. The van der Waals surface area contributed by atoms with Gasteiger partial charge in [0.25, 0.3) is 0 Å². The minimum absolute atomic E-state index is 0.664. The number of rotatable bonds is 2. The van der Waals surface area contributed by atoms with E-state index < -0.39 is 0 Å². The number of hydrogen-bond donors (Lipinski definition) is 1. The molecule has 3 heteroatoms. The predicted molar refractivity (Wildman–Crippen MR) is 68.8 cm³/mol. The molecule has 0 fully saturated rings.